The van der Waals surface area contributed by atoms with Crippen LogP contribution in [0.2, 0.25) is 0 Å². The first-order valence-electron chi connectivity index (χ1n) is 11.7. The third kappa shape index (κ3) is 7.20. The number of benzene rings is 3. The molecule has 3 aromatic rings. The van der Waals surface area contributed by atoms with E-state index >= 15 is 0 Å². The Morgan fingerprint density at radius 2 is 1.47 bits per heavy atom. The number of rotatable bonds is 10. The molecular weight excluding hydrogens is 424 g/mol. The Morgan fingerprint density at radius 3 is 2.06 bits per heavy atom. The summed E-state index contributed by atoms with van der Waals surface area (Å²) >= 11 is 0. The number of hydrogen-bond donors (Lipinski definition) is 1. The van der Waals surface area contributed by atoms with Gasteiger partial charge in [0.15, 0.2) is 6.61 Å². The van der Waals surface area contributed by atoms with Crippen LogP contribution in [-0.4, -0.2) is 35.4 Å². The lowest BCUT2D eigenvalue weighted by Gasteiger charge is -2.32. The fourth-order valence-corrected chi connectivity index (χ4v) is 3.75. The molecule has 0 aromatic heterocycles. The van der Waals surface area contributed by atoms with Crippen LogP contribution in [0.5, 0.6) is 5.75 Å². The molecule has 3 aromatic carbocycles. The molecule has 1 atom stereocenters. The molecule has 0 aliphatic carbocycles. The van der Waals surface area contributed by atoms with Gasteiger partial charge in [-0.05, 0) is 62.1 Å². The van der Waals surface area contributed by atoms with Crippen molar-refractivity contribution in [2.24, 2.45) is 0 Å². The summed E-state index contributed by atoms with van der Waals surface area (Å²) in [6.45, 7) is 8.06. The first kappa shape index (κ1) is 25.0. The summed E-state index contributed by atoms with van der Waals surface area (Å²) in [6.07, 6.45) is 0.418. The van der Waals surface area contributed by atoms with Gasteiger partial charge in [-0.1, -0.05) is 66.7 Å². The van der Waals surface area contributed by atoms with Crippen molar-refractivity contribution in [1.82, 2.24) is 10.2 Å². The lowest BCUT2D eigenvalue weighted by atomic mass is 10.0. The first-order valence-corrected chi connectivity index (χ1v) is 11.7. The van der Waals surface area contributed by atoms with Gasteiger partial charge in [-0.15, -0.1) is 0 Å². The Morgan fingerprint density at radius 1 is 0.853 bits per heavy atom. The highest BCUT2D eigenvalue weighted by Gasteiger charge is 2.31. The van der Waals surface area contributed by atoms with E-state index in [-0.39, 0.29) is 24.5 Å². The van der Waals surface area contributed by atoms with Crippen LogP contribution in [0.3, 0.4) is 0 Å². The number of carbonyl (C=O) groups excluding carboxylic acids is 2. The molecule has 0 aliphatic rings. The summed E-state index contributed by atoms with van der Waals surface area (Å²) in [5.74, 6) is 0.235. The normalized spacial score (nSPS) is 11.7. The lowest BCUT2D eigenvalue weighted by molar-refractivity contribution is -0.143. The number of nitrogens with zero attached hydrogens (tertiary/aromatic N) is 1. The molecule has 0 unspecified atom stereocenters. The molecule has 0 fully saturated rings. The number of carbonyl (C=O) groups is 2. The number of hydrogen-bond acceptors (Lipinski definition) is 3. The highest BCUT2D eigenvalue weighted by molar-refractivity contribution is 5.88. The minimum Gasteiger partial charge on any atom is -0.484 e. The van der Waals surface area contributed by atoms with Gasteiger partial charge in [0.2, 0.25) is 5.91 Å². The molecule has 3 rings (SSSR count). The van der Waals surface area contributed by atoms with Crippen molar-refractivity contribution >= 4 is 11.8 Å². The fraction of sp³-hybridized carbons (Fsp3) is 0.310. The minimum absolute atomic E-state index is 0.0359. The van der Waals surface area contributed by atoms with Gasteiger partial charge < -0.3 is 15.0 Å². The van der Waals surface area contributed by atoms with Gasteiger partial charge in [0.25, 0.3) is 5.91 Å². The molecule has 0 radical (unpaired) electrons. The number of nitrogens with one attached hydrogen (secondary N) is 1. The van der Waals surface area contributed by atoms with Crippen molar-refractivity contribution in [3.63, 3.8) is 0 Å². The molecule has 34 heavy (non-hydrogen) atoms. The van der Waals surface area contributed by atoms with Gasteiger partial charge in [-0.25, -0.2) is 0 Å². The van der Waals surface area contributed by atoms with Gasteiger partial charge >= 0.3 is 0 Å². The van der Waals surface area contributed by atoms with Gasteiger partial charge in [0, 0.05) is 19.0 Å². The van der Waals surface area contributed by atoms with E-state index in [1.807, 2.05) is 107 Å². The van der Waals surface area contributed by atoms with Crippen molar-refractivity contribution < 1.29 is 14.3 Å². The molecule has 0 saturated heterocycles. The second-order valence-corrected chi connectivity index (χ2v) is 8.91. The summed E-state index contributed by atoms with van der Waals surface area (Å²) in [6, 6.07) is 24.6. The van der Waals surface area contributed by atoms with E-state index < -0.39 is 6.04 Å². The Hall–Kier alpha value is -3.60. The highest BCUT2D eigenvalue weighted by atomic mass is 16.5. The standard InChI is InChI=1S/C29H34N2O3/c1-21(2)30-29(33)27(18-24-11-7-5-8-12-24)31(19-25-13-9-6-10-14-25)28(32)20-34-26-16-15-22(3)23(4)17-26/h5-17,21,27H,18-20H2,1-4H3,(H,30,33)/t27-/m1/s1. The summed E-state index contributed by atoms with van der Waals surface area (Å²) in [5, 5.41) is 3.00. The van der Waals surface area contributed by atoms with Crippen LogP contribution >= 0.6 is 0 Å². The Kier molecular flexibility index (Phi) is 8.86. The van der Waals surface area contributed by atoms with Gasteiger partial charge in [0.05, 0.1) is 0 Å². The van der Waals surface area contributed by atoms with Crippen molar-refractivity contribution in [2.75, 3.05) is 6.61 Å². The fourth-order valence-electron chi connectivity index (χ4n) is 3.75. The topological polar surface area (TPSA) is 58.6 Å². The third-order valence-corrected chi connectivity index (χ3v) is 5.74. The van der Waals surface area contributed by atoms with Crippen LogP contribution in [0.25, 0.3) is 0 Å². The van der Waals surface area contributed by atoms with Crippen LogP contribution in [0.15, 0.2) is 78.9 Å². The molecule has 2 amide bonds. The second kappa shape index (κ2) is 12.0. The smallest absolute Gasteiger partial charge is 0.261 e. The molecule has 0 aliphatic heterocycles. The summed E-state index contributed by atoms with van der Waals surface area (Å²) < 4.78 is 5.86. The van der Waals surface area contributed by atoms with Crippen LogP contribution in [-0.2, 0) is 22.6 Å². The van der Waals surface area contributed by atoms with Crippen LogP contribution in [0, 0.1) is 13.8 Å². The molecule has 0 saturated carbocycles. The quantitative estimate of drug-likeness (QED) is 0.473. The first-order chi connectivity index (χ1) is 16.3. The zero-order chi connectivity index (χ0) is 24.5. The number of amides is 2. The van der Waals surface area contributed by atoms with Crippen LogP contribution in [0.1, 0.15) is 36.1 Å². The van der Waals surface area contributed by atoms with Crippen molar-refractivity contribution in [2.45, 2.75) is 52.7 Å². The van der Waals surface area contributed by atoms with E-state index in [1.54, 1.807) is 4.90 Å². The highest BCUT2D eigenvalue weighted by Crippen LogP contribution is 2.18. The summed E-state index contributed by atoms with van der Waals surface area (Å²) in [5.41, 5.74) is 4.21. The average molecular weight is 459 g/mol. The van der Waals surface area contributed by atoms with E-state index in [4.69, 9.17) is 4.74 Å². The molecule has 1 N–H and O–H groups in total. The minimum atomic E-state index is -0.666. The number of aryl methyl sites for hydroxylation is 2. The van der Waals surface area contributed by atoms with E-state index in [0.29, 0.717) is 18.7 Å². The predicted octanol–water partition coefficient (Wildman–Crippen LogP) is 4.85. The predicted molar refractivity (Wildman–Crippen MR) is 136 cm³/mol. The molecule has 0 bridgehead atoms. The van der Waals surface area contributed by atoms with Crippen LogP contribution in [0.4, 0.5) is 0 Å². The molecule has 178 valence electrons. The maximum Gasteiger partial charge on any atom is 0.261 e. The van der Waals surface area contributed by atoms with E-state index in [1.165, 1.54) is 0 Å². The summed E-state index contributed by atoms with van der Waals surface area (Å²) in [4.78, 5) is 28.5. The Labute approximate surface area is 202 Å². The van der Waals surface area contributed by atoms with E-state index in [0.717, 1.165) is 22.3 Å². The molecule has 0 heterocycles. The van der Waals surface area contributed by atoms with Crippen molar-refractivity contribution in [1.29, 1.82) is 0 Å². The maximum absolute atomic E-state index is 13.5. The Balaban J connectivity index is 1.88. The molecular formula is C29H34N2O3. The van der Waals surface area contributed by atoms with Gasteiger partial charge in [0.1, 0.15) is 11.8 Å². The van der Waals surface area contributed by atoms with Crippen molar-refractivity contribution in [3.8, 4) is 5.75 Å². The SMILES string of the molecule is Cc1ccc(OCC(=O)N(Cc2ccccc2)[C@H](Cc2ccccc2)C(=O)NC(C)C)cc1C. The summed E-state index contributed by atoms with van der Waals surface area (Å²) in [7, 11) is 0. The average Bonchev–Trinajstić information content (AvgIpc) is 2.82. The van der Waals surface area contributed by atoms with Crippen LogP contribution < -0.4 is 10.1 Å². The second-order valence-electron chi connectivity index (χ2n) is 8.91. The van der Waals surface area contributed by atoms with Gasteiger partial charge in [-0.2, -0.15) is 0 Å². The molecule has 5 heteroatoms. The molecule has 0 spiro atoms. The maximum atomic E-state index is 13.5. The Bertz CT molecular complexity index is 1080. The van der Waals surface area contributed by atoms with E-state index in [2.05, 4.69) is 5.32 Å². The van der Waals surface area contributed by atoms with Crippen molar-refractivity contribution in [3.05, 3.63) is 101 Å². The monoisotopic (exact) mass is 458 g/mol. The largest absolute Gasteiger partial charge is 0.484 e. The molecule has 5 nitrogen and oxygen atoms in total. The zero-order valence-electron chi connectivity index (χ0n) is 20.5. The van der Waals surface area contributed by atoms with Gasteiger partial charge in [-0.3, -0.25) is 9.59 Å². The number of ether oxygens (including phenoxy) is 1. The van der Waals surface area contributed by atoms with E-state index in [9.17, 15) is 9.59 Å². The lowest BCUT2D eigenvalue weighted by Crippen LogP contribution is -2.52. The zero-order valence-corrected chi connectivity index (χ0v) is 20.5. The third-order valence-electron chi connectivity index (χ3n) is 5.74.